The number of rotatable bonds is 3. The fourth-order valence-electron chi connectivity index (χ4n) is 2.53. The van der Waals surface area contributed by atoms with Gasteiger partial charge in [-0.05, 0) is 49.1 Å². The topological polar surface area (TPSA) is 59.1 Å². The SMILES string of the molecule is CC1CC(NS(=O)(=O)c2ccc3nc(Cl)ccc3c2)C1. The van der Waals surface area contributed by atoms with Crippen LogP contribution in [0.4, 0.5) is 0 Å². The van der Waals surface area contributed by atoms with Gasteiger partial charge in [-0.25, -0.2) is 18.1 Å². The highest BCUT2D eigenvalue weighted by Gasteiger charge is 2.29. The van der Waals surface area contributed by atoms with Gasteiger partial charge >= 0.3 is 0 Å². The summed E-state index contributed by atoms with van der Waals surface area (Å²) in [6.07, 6.45) is 1.81. The van der Waals surface area contributed by atoms with Crippen molar-refractivity contribution in [2.24, 2.45) is 5.92 Å². The average molecular weight is 311 g/mol. The fourth-order valence-corrected chi connectivity index (χ4v) is 3.98. The van der Waals surface area contributed by atoms with Crippen LogP contribution in [0.15, 0.2) is 35.2 Å². The molecule has 1 fully saturated rings. The molecule has 1 aromatic carbocycles. The highest BCUT2D eigenvalue weighted by Crippen LogP contribution is 2.28. The maximum atomic E-state index is 12.3. The molecule has 1 aromatic heterocycles. The monoisotopic (exact) mass is 310 g/mol. The van der Waals surface area contributed by atoms with Crippen LogP contribution in [0.2, 0.25) is 5.15 Å². The Bertz CT molecular complexity index is 755. The molecule has 20 heavy (non-hydrogen) atoms. The zero-order chi connectivity index (χ0) is 14.3. The van der Waals surface area contributed by atoms with Gasteiger partial charge in [-0.2, -0.15) is 0 Å². The Hall–Kier alpha value is -1.17. The van der Waals surface area contributed by atoms with Gasteiger partial charge in [0.15, 0.2) is 0 Å². The van der Waals surface area contributed by atoms with Crippen molar-refractivity contribution < 1.29 is 8.42 Å². The predicted molar refractivity (Wildman–Crippen MR) is 79.3 cm³/mol. The first-order chi connectivity index (χ1) is 9.44. The van der Waals surface area contributed by atoms with Crippen LogP contribution in [0.3, 0.4) is 0 Å². The normalized spacial score (nSPS) is 22.7. The Labute approximate surface area is 123 Å². The van der Waals surface area contributed by atoms with Crippen LogP contribution in [0.25, 0.3) is 10.9 Å². The van der Waals surface area contributed by atoms with Crippen LogP contribution in [-0.4, -0.2) is 19.4 Å². The van der Waals surface area contributed by atoms with Crippen molar-refractivity contribution in [3.63, 3.8) is 0 Å². The van der Waals surface area contributed by atoms with E-state index >= 15 is 0 Å². The van der Waals surface area contributed by atoms with E-state index in [2.05, 4.69) is 16.6 Å². The quantitative estimate of drug-likeness (QED) is 0.887. The summed E-state index contributed by atoms with van der Waals surface area (Å²) in [4.78, 5) is 4.42. The van der Waals surface area contributed by atoms with Gasteiger partial charge in [0.2, 0.25) is 10.0 Å². The molecule has 1 aliphatic rings. The molecule has 0 amide bonds. The van der Waals surface area contributed by atoms with Gasteiger partial charge in [-0.1, -0.05) is 18.5 Å². The Morgan fingerprint density at radius 2 is 2.00 bits per heavy atom. The van der Waals surface area contributed by atoms with E-state index in [-0.39, 0.29) is 10.9 Å². The summed E-state index contributed by atoms with van der Waals surface area (Å²) in [5.74, 6) is 0.602. The number of benzene rings is 1. The number of halogens is 1. The molecule has 4 nitrogen and oxygen atoms in total. The summed E-state index contributed by atoms with van der Waals surface area (Å²) in [7, 11) is -3.46. The molecule has 1 aliphatic carbocycles. The largest absolute Gasteiger partial charge is 0.240 e. The second-order valence-electron chi connectivity index (χ2n) is 5.38. The Morgan fingerprint density at radius 3 is 2.70 bits per heavy atom. The zero-order valence-corrected chi connectivity index (χ0v) is 12.6. The number of nitrogens with zero attached hydrogens (tertiary/aromatic N) is 1. The summed E-state index contributed by atoms with van der Waals surface area (Å²) in [5.41, 5.74) is 0.689. The molecule has 0 saturated heterocycles. The van der Waals surface area contributed by atoms with Crippen LogP contribution in [-0.2, 0) is 10.0 Å². The summed E-state index contributed by atoms with van der Waals surface area (Å²) < 4.78 is 27.3. The third-order valence-electron chi connectivity index (χ3n) is 3.63. The second kappa shape index (κ2) is 4.98. The molecule has 3 rings (SSSR count). The van der Waals surface area contributed by atoms with E-state index in [1.807, 2.05) is 0 Å². The van der Waals surface area contributed by atoms with E-state index in [0.717, 1.165) is 18.2 Å². The van der Waals surface area contributed by atoms with Gasteiger partial charge in [0.05, 0.1) is 10.4 Å². The van der Waals surface area contributed by atoms with Crippen LogP contribution >= 0.6 is 11.6 Å². The number of sulfonamides is 1. The molecule has 0 unspecified atom stereocenters. The average Bonchev–Trinajstić information content (AvgIpc) is 2.36. The van der Waals surface area contributed by atoms with Crippen LogP contribution < -0.4 is 4.72 Å². The lowest BCUT2D eigenvalue weighted by molar-refractivity contribution is 0.270. The lowest BCUT2D eigenvalue weighted by Crippen LogP contribution is -2.43. The molecular weight excluding hydrogens is 296 g/mol. The molecule has 6 heteroatoms. The number of nitrogens with one attached hydrogen (secondary N) is 1. The molecule has 0 radical (unpaired) electrons. The Balaban J connectivity index is 1.91. The van der Waals surface area contributed by atoms with Gasteiger partial charge in [0.25, 0.3) is 0 Å². The molecule has 1 heterocycles. The first kappa shape index (κ1) is 13.8. The summed E-state index contributed by atoms with van der Waals surface area (Å²) in [5, 5.41) is 1.16. The zero-order valence-electron chi connectivity index (χ0n) is 11.0. The van der Waals surface area contributed by atoms with Crippen molar-refractivity contribution >= 4 is 32.5 Å². The number of fused-ring (bicyclic) bond motifs is 1. The van der Waals surface area contributed by atoms with Crippen molar-refractivity contribution in [1.82, 2.24) is 9.71 Å². The maximum absolute atomic E-state index is 12.3. The molecule has 106 valence electrons. The standard InChI is InChI=1S/C14H15ClN2O2S/c1-9-6-11(7-9)17-20(18,19)12-3-4-13-10(8-12)2-5-14(15)16-13/h2-5,8-9,11,17H,6-7H2,1H3. The van der Waals surface area contributed by atoms with Gasteiger partial charge in [-0.3, -0.25) is 0 Å². The van der Waals surface area contributed by atoms with Crippen molar-refractivity contribution in [1.29, 1.82) is 0 Å². The van der Waals surface area contributed by atoms with Crippen molar-refractivity contribution in [3.8, 4) is 0 Å². The van der Waals surface area contributed by atoms with Crippen molar-refractivity contribution in [2.45, 2.75) is 30.7 Å². The second-order valence-corrected chi connectivity index (χ2v) is 7.48. The highest BCUT2D eigenvalue weighted by atomic mass is 35.5. The maximum Gasteiger partial charge on any atom is 0.240 e. The molecule has 1 N–H and O–H groups in total. The third-order valence-corrected chi connectivity index (χ3v) is 5.36. The summed E-state index contributed by atoms with van der Waals surface area (Å²) in [6, 6.07) is 8.36. The summed E-state index contributed by atoms with van der Waals surface area (Å²) in [6.45, 7) is 2.12. The molecule has 1 saturated carbocycles. The van der Waals surface area contributed by atoms with Crippen molar-refractivity contribution in [2.75, 3.05) is 0 Å². The molecule has 0 spiro atoms. The van der Waals surface area contributed by atoms with E-state index < -0.39 is 10.0 Å². The highest BCUT2D eigenvalue weighted by molar-refractivity contribution is 7.89. The Kier molecular flexibility index (Phi) is 3.44. The number of hydrogen-bond donors (Lipinski definition) is 1. The molecule has 0 atom stereocenters. The van der Waals surface area contributed by atoms with Gasteiger partial charge in [0.1, 0.15) is 5.15 Å². The van der Waals surface area contributed by atoms with E-state index in [9.17, 15) is 8.42 Å². The van der Waals surface area contributed by atoms with Gasteiger partial charge in [0, 0.05) is 11.4 Å². The number of pyridine rings is 1. The molecule has 0 aliphatic heterocycles. The molecule has 2 aromatic rings. The predicted octanol–water partition coefficient (Wildman–Crippen LogP) is 2.97. The minimum absolute atomic E-state index is 0.0639. The lowest BCUT2D eigenvalue weighted by Gasteiger charge is -2.32. The minimum atomic E-state index is -3.46. The van der Waals surface area contributed by atoms with Gasteiger partial charge < -0.3 is 0 Å². The number of hydrogen-bond acceptors (Lipinski definition) is 3. The van der Waals surface area contributed by atoms with E-state index in [4.69, 9.17) is 11.6 Å². The van der Waals surface area contributed by atoms with E-state index in [0.29, 0.717) is 16.6 Å². The first-order valence-corrected chi connectivity index (χ1v) is 8.39. The number of aromatic nitrogens is 1. The van der Waals surface area contributed by atoms with Crippen LogP contribution in [0.5, 0.6) is 0 Å². The lowest BCUT2D eigenvalue weighted by atomic mass is 9.83. The van der Waals surface area contributed by atoms with Crippen LogP contribution in [0, 0.1) is 5.92 Å². The Morgan fingerprint density at radius 1 is 1.25 bits per heavy atom. The van der Waals surface area contributed by atoms with E-state index in [1.54, 1.807) is 30.3 Å². The van der Waals surface area contributed by atoms with Crippen molar-refractivity contribution in [3.05, 3.63) is 35.5 Å². The van der Waals surface area contributed by atoms with Gasteiger partial charge in [-0.15, -0.1) is 0 Å². The van der Waals surface area contributed by atoms with Crippen LogP contribution in [0.1, 0.15) is 19.8 Å². The summed E-state index contributed by atoms with van der Waals surface area (Å²) >= 11 is 5.82. The van der Waals surface area contributed by atoms with E-state index in [1.165, 1.54) is 0 Å². The third kappa shape index (κ3) is 2.66. The minimum Gasteiger partial charge on any atom is -0.236 e. The fraction of sp³-hybridized carbons (Fsp3) is 0.357. The smallest absolute Gasteiger partial charge is 0.236 e. The molecule has 0 bridgehead atoms. The first-order valence-electron chi connectivity index (χ1n) is 6.53. The molecular formula is C14H15ClN2O2S.